The molecule has 2 aliphatic rings. The number of nitrogens with two attached hydrogens (primary N) is 2. The fourth-order valence-electron chi connectivity index (χ4n) is 5.26. The average molecular weight is 768 g/mol. The number of aliphatic hydroxyl groups is 4. The van der Waals surface area contributed by atoms with Crippen LogP contribution in [0, 0.1) is 0 Å². The van der Waals surface area contributed by atoms with Crippen molar-refractivity contribution in [3.8, 4) is 0 Å². The highest BCUT2D eigenvalue weighted by atomic mass is 31.2. The predicted molar refractivity (Wildman–Crippen MR) is 182 cm³/mol. The maximum absolute atomic E-state index is 13.0. The summed E-state index contributed by atoms with van der Waals surface area (Å²) in [7, 11) is -5.35. The van der Waals surface area contributed by atoms with Gasteiger partial charge in [0, 0.05) is 6.92 Å². The topological polar surface area (TPSA) is 309 Å². The molecule has 7 unspecified atom stereocenters. The summed E-state index contributed by atoms with van der Waals surface area (Å²) in [4.78, 5) is 46.2. The van der Waals surface area contributed by atoms with E-state index in [0.29, 0.717) is 6.42 Å². The van der Waals surface area contributed by atoms with E-state index >= 15 is 0 Å². The van der Waals surface area contributed by atoms with E-state index in [1.165, 1.54) is 11.1 Å². The Morgan fingerprint density at radius 1 is 0.923 bits per heavy atom. The molecule has 2 heterocycles. The largest absolute Gasteiger partial charge is 0.479 e. The van der Waals surface area contributed by atoms with Gasteiger partial charge in [-0.1, -0.05) is 34.9 Å². The number of hydrogen-bond acceptors (Lipinski definition) is 15. The van der Waals surface area contributed by atoms with Crippen LogP contribution in [-0.2, 0) is 46.9 Å². The molecule has 52 heavy (non-hydrogen) atoms. The van der Waals surface area contributed by atoms with Crippen LogP contribution in [0.4, 0.5) is 0 Å². The highest BCUT2D eigenvalue weighted by Gasteiger charge is 2.53. The first kappa shape index (κ1) is 45.5. The Hall–Kier alpha value is -2.62. The van der Waals surface area contributed by atoms with Crippen molar-refractivity contribution in [1.82, 2.24) is 5.32 Å². The molecule has 2 fully saturated rings. The highest BCUT2D eigenvalue weighted by Crippen LogP contribution is 2.47. The van der Waals surface area contributed by atoms with Gasteiger partial charge in [-0.05, 0) is 53.4 Å². The van der Waals surface area contributed by atoms with E-state index in [0.717, 1.165) is 31.8 Å². The lowest BCUT2D eigenvalue weighted by molar-refractivity contribution is -0.332. The van der Waals surface area contributed by atoms with Crippen LogP contribution in [0.5, 0.6) is 0 Å². The summed E-state index contributed by atoms with van der Waals surface area (Å²) in [5, 5.41) is 53.5. The minimum Gasteiger partial charge on any atom is -0.479 e. The Bertz CT molecular complexity index is 1340. The van der Waals surface area contributed by atoms with E-state index in [-0.39, 0.29) is 6.61 Å². The third kappa shape index (κ3) is 14.3. The van der Waals surface area contributed by atoms with Gasteiger partial charge in [0.05, 0.1) is 38.0 Å². The lowest BCUT2D eigenvalue weighted by Gasteiger charge is -2.47. The van der Waals surface area contributed by atoms with Crippen LogP contribution in [0.1, 0.15) is 60.3 Å². The number of rotatable bonds is 20. The average Bonchev–Trinajstić information content (AvgIpc) is 3.04. The molecule has 0 radical (unpaired) electrons. The van der Waals surface area contributed by atoms with Gasteiger partial charge in [-0.2, -0.15) is 0 Å². The van der Waals surface area contributed by atoms with Gasteiger partial charge in [-0.25, -0.2) is 9.36 Å². The van der Waals surface area contributed by atoms with Crippen LogP contribution >= 0.6 is 7.82 Å². The zero-order valence-corrected chi connectivity index (χ0v) is 30.8. The first-order valence-corrected chi connectivity index (χ1v) is 18.2. The quantitative estimate of drug-likeness (QED) is 0.0543. The van der Waals surface area contributed by atoms with Crippen molar-refractivity contribution in [3.63, 3.8) is 0 Å². The van der Waals surface area contributed by atoms with E-state index in [1.54, 1.807) is 6.08 Å². The van der Waals surface area contributed by atoms with Gasteiger partial charge in [0.15, 0.2) is 24.8 Å². The number of amides is 2. The third-order valence-corrected chi connectivity index (χ3v) is 9.16. The van der Waals surface area contributed by atoms with Crippen molar-refractivity contribution >= 4 is 25.6 Å². The minimum atomic E-state index is -5.35. The molecule has 2 saturated heterocycles. The first-order chi connectivity index (χ1) is 24.3. The van der Waals surface area contributed by atoms with Crippen molar-refractivity contribution in [2.24, 2.45) is 11.5 Å². The normalized spacial score (nSPS) is 31.7. The molecule has 0 aromatic rings. The molecule has 0 aliphatic carbocycles. The molecule has 12 atom stereocenters. The van der Waals surface area contributed by atoms with Crippen LogP contribution in [0.3, 0.4) is 0 Å². The summed E-state index contributed by atoms with van der Waals surface area (Å²) in [5.74, 6) is -3.49. The van der Waals surface area contributed by atoms with Crippen LogP contribution in [0.2, 0.25) is 0 Å². The van der Waals surface area contributed by atoms with E-state index < -0.39 is 106 Å². The first-order valence-electron chi connectivity index (χ1n) is 16.7. The number of aliphatic carboxylic acids is 1. The molecule has 19 nitrogen and oxygen atoms in total. The number of primary amides is 1. The number of carboxylic acid groups (broad SMARTS) is 1. The predicted octanol–water partition coefficient (Wildman–Crippen LogP) is -0.764. The molecule has 20 heteroatoms. The molecule has 2 rings (SSSR count). The summed E-state index contributed by atoms with van der Waals surface area (Å²) in [5.41, 5.74) is 14.7. The Kier molecular flexibility index (Phi) is 18.7. The summed E-state index contributed by atoms with van der Waals surface area (Å²) in [6.45, 7) is 7.17. The third-order valence-electron chi connectivity index (χ3n) is 8.21. The summed E-state index contributed by atoms with van der Waals surface area (Å²) in [6, 6.07) is -2.66. The van der Waals surface area contributed by atoms with Crippen molar-refractivity contribution < 1.29 is 77.4 Å². The number of phosphoric ester groups is 1. The van der Waals surface area contributed by atoms with Crippen LogP contribution in [0.25, 0.3) is 0 Å². The molecule has 2 amide bonds. The maximum atomic E-state index is 13.0. The van der Waals surface area contributed by atoms with Crippen LogP contribution in [0.15, 0.2) is 34.9 Å². The van der Waals surface area contributed by atoms with Gasteiger partial charge < -0.3 is 66.2 Å². The van der Waals surface area contributed by atoms with E-state index in [4.69, 9.17) is 39.5 Å². The van der Waals surface area contributed by atoms with Gasteiger partial charge in [-0.15, -0.1) is 0 Å². The SMILES string of the molecule is CC(=O)NC1[C@H](O[C@@H]2C(OP(=O)(O)OCC(OC/C=C(/C)CC/C=C(\C)CCC=C(C)C)C(=O)O)OC(C(N)=O)C(O)[C@@H]2O)OC(CO)[C@@H](O)[C@@H]1N. The van der Waals surface area contributed by atoms with Gasteiger partial charge in [0.2, 0.25) is 11.8 Å². The fraction of sp³-hybridized carbons (Fsp3) is 0.719. The van der Waals surface area contributed by atoms with E-state index in [1.807, 2.05) is 20.8 Å². The van der Waals surface area contributed by atoms with E-state index in [2.05, 4.69) is 24.4 Å². The number of ether oxygens (including phenoxy) is 4. The van der Waals surface area contributed by atoms with E-state index in [9.17, 15) is 49.4 Å². The number of carboxylic acids is 1. The highest BCUT2D eigenvalue weighted by molar-refractivity contribution is 7.47. The molecule has 11 N–H and O–H groups in total. The fourth-order valence-corrected chi connectivity index (χ4v) is 6.08. The second-order valence-electron chi connectivity index (χ2n) is 12.9. The molecule has 298 valence electrons. The zero-order valence-electron chi connectivity index (χ0n) is 29.9. The Morgan fingerprint density at radius 3 is 2.10 bits per heavy atom. The summed E-state index contributed by atoms with van der Waals surface area (Å²) >= 11 is 0. The van der Waals surface area contributed by atoms with Crippen molar-refractivity contribution in [3.05, 3.63) is 34.9 Å². The number of hydrogen-bond donors (Lipinski definition) is 9. The number of aliphatic hydroxyl groups excluding tert-OH is 4. The van der Waals surface area contributed by atoms with Crippen LogP contribution in [-0.4, -0.2) is 135 Å². The molecular formula is C32H54N3O16P. The molecule has 0 aromatic heterocycles. The Labute approximate surface area is 302 Å². The monoisotopic (exact) mass is 767 g/mol. The van der Waals surface area contributed by atoms with Crippen molar-refractivity contribution in [1.29, 1.82) is 0 Å². The number of allylic oxidation sites excluding steroid dienone is 5. The smallest absolute Gasteiger partial charge is 0.474 e. The lowest BCUT2D eigenvalue weighted by atomic mass is 9.94. The molecular weight excluding hydrogens is 713 g/mol. The molecule has 0 spiro atoms. The molecule has 2 aliphatic heterocycles. The van der Waals surface area contributed by atoms with Gasteiger partial charge in [0.1, 0.15) is 24.4 Å². The number of carbonyl (C=O) groups is 3. The molecule has 0 bridgehead atoms. The van der Waals surface area contributed by atoms with Crippen molar-refractivity contribution in [2.45, 2.75) is 128 Å². The van der Waals surface area contributed by atoms with Crippen LogP contribution < -0.4 is 16.8 Å². The Balaban J connectivity index is 2.13. The number of phosphoric acid groups is 1. The lowest BCUT2D eigenvalue weighted by Crippen LogP contribution is -2.70. The van der Waals surface area contributed by atoms with Crippen molar-refractivity contribution in [2.75, 3.05) is 19.8 Å². The second kappa shape index (κ2) is 21.3. The second-order valence-corrected chi connectivity index (χ2v) is 14.3. The molecule has 0 aromatic carbocycles. The maximum Gasteiger partial charge on any atom is 0.474 e. The number of carbonyl (C=O) groups excluding carboxylic acids is 2. The zero-order chi connectivity index (χ0) is 39.3. The number of nitrogens with one attached hydrogen (secondary N) is 1. The van der Waals surface area contributed by atoms with Gasteiger partial charge in [-0.3, -0.25) is 18.6 Å². The minimum absolute atomic E-state index is 0.166. The summed E-state index contributed by atoms with van der Waals surface area (Å²) < 4.78 is 44.8. The Morgan fingerprint density at radius 2 is 1.54 bits per heavy atom. The van der Waals surface area contributed by atoms with Gasteiger partial charge in [0.25, 0.3) is 0 Å². The van der Waals surface area contributed by atoms with Gasteiger partial charge >= 0.3 is 13.8 Å². The standard InChI is InChI=1S/C32H54N3O16P/c1-16(2)8-6-9-17(3)10-7-11-18(4)12-13-46-21(30(42)43)15-47-52(44,45)51-32-28(26(40)25(39)27(49-32)29(34)41)50-31-23(35-19(5)37)22(33)24(38)20(14-36)48-31/h8,10,12,20-28,31-32,36,38-40H,6-7,9,11,13-15,33H2,1-5H3,(H2,34,41)(H,35,37)(H,42,43)(H,44,45)/b17-10+,18-12-/t20?,21?,22-,23?,24-,25?,26+,27?,28+,31+,32?/m1/s1. The molecule has 0 saturated carbocycles. The summed E-state index contributed by atoms with van der Waals surface area (Å²) in [6.07, 6.45) is -7.43.